The van der Waals surface area contributed by atoms with E-state index in [0.717, 1.165) is 5.56 Å². The van der Waals surface area contributed by atoms with Gasteiger partial charge in [-0.1, -0.05) is 19.9 Å². The maximum atomic E-state index is 12.4. The standard InChI is InChI=1S/C18H30N2O5S/c1-12(2)17(20-26(22,23)13(3)4)18(21)19-10-9-14-7-8-15(24-5)16(11-14)25-6/h7-8,11-13,17,20H,9-10H2,1-6H3,(H,19,21)/t17-/m0/s1. The lowest BCUT2D eigenvalue weighted by molar-refractivity contribution is -0.123. The van der Waals surface area contributed by atoms with E-state index >= 15 is 0 Å². The second-order valence-corrected chi connectivity index (χ2v) is 8.93. The molecule has 148 valence electrons. The zero-order valence-electron chi connectivity index (χ0n) is 16.3. The molecule has 0 unspecified atom stereocenters. The number of rotatable bonds is 10. The zero-order valence-corrected chi connectivity index (χ0v) is 17.1. The van der Waals surface area contributed by atoms with Crippen molar-refractivity contribution in [2.75, 3.05) is 20.8 Å². The lowest BCUT2D eigenvalue weighted by Gasteiger charge is -2.22. The van der Waals surface area contributed by atoms with Gasteiger partial charge in [-0.3, -0.25) is 4.79 Å². The highest BCUT2D eigenvalue weighted by Gasteiger charge is 2.28. The minimum Gasteiger partial charge on any atom is -0.493 e. The van der Waals surface area contributed by atoms with E-state index in [9.17, 15) is 13.2 Å². The highest BCUT2D eigenvalue weighted by Crippen LogP contribution is 2.27. The lowest BCUT2D eigenvalue weighted by atomic mass is 10.0. The van der Waals surface area contributed by atoms with E-state index in [4.69, 9.17) is 9.47 Å². The Hall–Kier alpha value is -1.80. The molecule has 1 rings (SSSR count). The molecule has 1 atom stereocenters. The normalized spacial score (nSPS) is 12.9. The van der Waals surface area contributed by atoms with Crippen molar-refractivity contribution in [1.82, 2.24) is 10.0 Å². The summed E-state index contributed by atoms with van der Waals surface area (Å²) < 4.78 is 37.1. The molecule has 0 radical (unpaired) electrons. The highest BCUT2D eigenvalue weighted by molar-refractivity contribution is 7.90. The van der Waals surface area contributed by atoms with Gasteiger partial charge in [0, 0.05) is 6.54 Å². The van der Waals surface area contributed by atoms with Crippen LogP contribution in [0.5, 0.6) is 11.5 Å². The van der Waals surface area contributed by atoms with Crippen LogP contribution in [0.1, 0.15) is 33.3 Å². The molecule has 0 aliphatic rings. The first-order valence-corrected chi connectivity index (χ1v) is 10.2. The molecule has 0 aliphatic carbocycles. The van der Waals surface area contributed by atoms with Gasteiger partial charge in [0.1, 0.15) is 6.04 Å². The molecular weight excluding hydrogens is 356 g/mol. The number of ether oxygens (including phenoxy) is 2. The number of amides is 1. The summed E-state index contributed by atoms with van der Waals surface area (Å²) in [6, 6.07) is 4.76. The first-order valence-electron chi connectivity index (χ1n) is 8.62. The van der Waals surface area contributed by atoms with Crippen molar-refractivity contribution in [3.05, 3.63) is 23.8 Å². The van der Waals surface area contributed by atoms with Gasteiger partial charge in [-0.05, 0) is 43.9 Å². The second-order valence-electron chi connectivity index (χ2n) is 6.66. The number of methoxy groups -OCH3 is 2. The number of benzene rings is 1. The number of sulfonamides is 1. The van der Waals surface area contributed by atoms with Crippen molar-refractivity contribution in [2.24, 2.45) is 5.92 Å². The van der Waals surface area contributed by atoms with Crippen molar-refractivity contribution >= 4 is 15.9 Å². The first kappa shape index (κ1) is 22.2. The molecule has 1 aromatic carbocycles. The smallest absolute Gasteiger partial charge is 0.238 e. The van der Waals surface area contributed by atoms with E-state index in [1.54, 1.807) is 41.9 Å². The van der Waals surface area contributed by atoms with E-state index in [2.05, 4.69) is 10.0 Å². The van der Waals surface area contributed by atoms with Gasteiger partial charge in [0.15, 0.2) is 11.5 Å². The summed E-state index contributed by atoms with van der Waals surface area (Å²) in [5.74, 6) is 0.777. The van der Waals surface area contributed by atoms with Crippen molar-refractivity contribution < 1.29 is 22.7 Å². The molecule has 26 heavy (non-hydrogen) atoms. The molecule has 0 aromatic heterocycles. The third-order valence-electron chi connectivity index (χ3n) is 4.02. The van der Waals surface area contributed by atoms with E-state index in [1.165, 1.54) is 0 Å². The van der Waals surface area contributed by atoms with E-state index in [-0.39, 0.29) is 11.8 Å². The van der Waals surface area contributed by atoms with Crippen LogP contribution in [-0.2, 0) is 21.2 Å². The number of nitrogens with one attached hydrogen (secondary N) is 2. The van der Waals surface area contributed by atoms with Gasteiger partial charge in [-0.2, -0.15) is 0 Å². The van der Waals surface area contributed by atoms with Crippen LogP contribution in [0.25, 0.3) is 0 Å². The Kier molecular flexibility index (Phi) is 8.36. The van der Waals surface area contributed by atoms with Gasteiger partial charge in [0.2, 0.25) is 15.9 Å². The average molecular weight is 387 g/mol. The van der Waals surface area contributed by atoms with Crippen molar-refractivity contribution in [2.45, 2.75) is 45.4 Å². The summed E-state index contributed by atoms with van der Waals surface area (Å²) in [6.45, 7) is 7.16. The van der Waals surface area contributed by atoms with Crippen LogP contribution < -0.4 is 19.5 Å². The number of carbonyl (C=O) groups excluding carboxylic acids is 1. The third-order valence-corrected chi connectivity index (χ3v) is 5.85. The van der Waals surface area contributed by atoms with Gasteiger partial charge >= 0.3 is 0 Å². The molecule has 0 heterocycles. The fourth-order valence-electron chi connectivity index (χ4n) is 2.28. The highest BCUT2D eigenvalue weighted by atomic mass is 32.2. The number of hydrogen-bond acceptors (Lipinski definition) is 5. The summed E-state index contributed by atoms with van der Waals surface area (Å²) in [7, 11) is -0.384. The van der Waals surface area contributed by atoms with Crippen LogP contribution >= 0.6 is 0 Å². The monoisotopic (exact) mass is 386 g/mol. The van der Waals surface area contributed by atoms with Crippen LogP contribution in [0.2, 0.25) is 0 Å². The molecule has 0 aliphatic heterocycles. The van der Waals surface area contributed by atoms with Crippen molar-refractivity contribution in [3.8, 4) is 11.5 Å². The molecular formula is C18H30N2O5S. The summed E-state index contributed by atoms with van der Waals surface area (Å²) in [5.41, 5.74) is 0.979. The summed E-state index contributed by atoms with van der Waals surface area (Å²) in [6.07, 6.45) is 0.591. The molecule has 1 amide bonds. The summed E-state index contributed by atoms with van der Waals surface area (Å²) >= 11 is 0. The van der Waals surface area contributed by atoms with E-state index < -0.39 is 21.3 Å². The van der Waals surface area contributed by atoms with Gasteiger partial charge in [0.25, 0.3) is 0 Å². The van der Waals surface area contributed by atoms with Crippen molar-refractivity contribution in [1.29, 1.82) is 0 Å². The van der Waals surface area contributed by atoms with Crippen LogP contribution in [0.3, 0.4) is 0 Å². The Bertz CT molecular complexity index is 702. The Labute approximate surface area is 156 Å². The Morgan fingerprint density at radius 1 is 1.08 bits per heavy atom. The molecule has 1 aromatic rings. The van der Waals surface area contributed by atoms with Gasteiger partial charge < -0.3 is 14.8 Å². The zero-order chi connectivity index (χ0) is 19.9. The topological polar surface area (TPSA) is 93.7 Å². The predicted octanol–water partition coefficient (Wildman–Crippen LogP) is 1.71. The molecule has 7 nitrogen and oxygen atoms in total. The van der Waals surface area contributed by atoms with E-state index in [0.29, 0.717) is 24.5 Å². The summed E-state index contributed by atoms with van der Waals surface area (Å²) in [4.78, 5) is 12.4. The maximum Gasteiger partial charge on any atom is 0.238 e. The third kappa shape index (κ3) is 6.17. The van der Waals surface area contributed by atoms with Crippen LogP contribution in [0.4, 0.5) is 0 Å². The van der Waals surface area contributed by atoms with Crippen LogP contribution in [0, 0.1) is 5.92 Å². The molecule has 0 bridgehead atoms. The fraction of sp³-hybridized carbons (Fsp3) is 0.611. The molecule has 0 fully saturated rings. The molecule has 0 spiro atoms. The first-order chi connectivity index (χ1) is 12.1. The quantitative estimate of drug-likeness (QED) is 0.639. The second kappa shape index (κ2) is 9.78. The predicted molar refractivity (Wildman–Crippen MR) is 102 cm³/mol. The SMILES string of the molecule is COc1ccc(CCNC(=O)[C@@H](NS(=O)(=O)C(C)C)C(C)C)cc1OC. The van der Waals surface area contributed by atoms with Gasteiger partial charge in [-0.25, -0.2) is 13.1 Å². The van der Waals surface area contributed by atoms with Gasteiger partial charge in [0.05, 0.1) is 19.5 Å². The van der Waals surface area contributed by atoms with Crippen LogP contribution in [-0.4, -0.2) is 46.4 Å². The average Bonchev–Trinajstić information content (AvgIpc) is 2.58. The molecule has 8 heteroatoms. The minimum atomic E-state index is -3.52. The Balaban J connectivity index is 2.69. The molecule has 0 saturated carbocycles. The number of carbonyl (C=O) groups is 1. The Morgan fingerprint density at radius 2 is 1.69 bits per heavy atom. The van der Waals surface area contributed by atoms with Crippen LogP contribution in [0.15, 0.2) is 18.2 Å². The molecule has 2 N–H and O–H groups in total. The lowest BCUT2D eigenvalue weighted by Crippen LogP contribution is -2.51. The minimum absolute atomic E-state index is 0.162. The number of hydrogen-bond donors (Lipinski definition) is 2. The fourth-order valence-corrected chi connectivity index (χ4v) is 3.29. The molecule has 0 saturated heterocycles. The van der Waals surface area contributed by atoms with Crippen molar-refractivity contribution in [3.63, 3.8) is 0 Å². The largest absolute Gasteiger partial charge is 0.493 e. The maximum absolute atomic E-state index is 12.4. The van der Waals surface area contributed by atoms with Gasteiger partial charge in [-0.15, -0.1) is 0 Å². The van der Waals surface area contributed by atoms with E-state index in [1.807, 2.05) is 18.2 Å². The summed E-state index contributed by atoms with van der Waals surface area (Å²) in [5, 5.41) is 2.21. The Morgan fingerprint density at radius 3 is 2.19 bits per heavy atom.